The first-order chi connectivity index (χ1) is 17.2. The monoisotopic (exact) mass is 520 g/mol. The zero-order chi connectivity index (χ0) is 25.7. The summed E-state index contributed by atoms with van der Waals surface area (Å²) in [5.41, 5.74) is 3.16. The first-order valence-corrected chi connectivity index (χ1v) is 12.3. The molecule has 1 unspecified atom stereocenters. The number of thiazole rings is 1. The average Bonchev–Trinajstić information content (AvgIpc) is 3.36. The van der Waals surface area contributed by atoms with Gasteiger partial charge in [0.05, 0.1) is 22.7 Å². The third-order valence-corrected chi connectivity index (χ3v) is 7.53. The number of anilines is 1. The molecular weight excluding hydrogens is 500 g/mol. The average molecular weight is 521 g/mol. The number of fused-ring (bicyclic) bond motifs is 2. The summed E-state index contributed by atoms with van der Waals surface area (Å²) in [5.74, 6) is -1.14. The van der Waals surface area contributed by atoms with Gasteiger partial charge in [0.2, 0.25) is 5.76 Å². The lowest BCUT2D eigenvalue weighted by molar-refractivity contribution is 0.0554. The van der Waals surface area contributed by atoms with Gasteiger partial charge >= 0.3 is 5.97 Å². The van der Waals surface area contributed by atoms with Crippen LogP contribution in [0.5, 0.6) is 0 Å². The zero-order valence-corrected chi connectivity index (χ0v) is 21.3. The van der Waals surface area contributed by atoms with E-state index in [4.69, 9.17) is 20.8 Å². The molecule has 0 spiro atoms. The fourth-order valence-corrected chi connectivity index (χ4v) is 5.48. The molecule has 9 heteroatoms. The van der Waals surface area contributed by atoms with Crippen LogP contribution in [0.3, 0.4) is 0 Å². The van der Waals surface area contributed by atoms with Gasteiger partial charge in [-0.2, -0.15) is 0 Å². The number of carbonyl (C=O) groups is 2. The molecule has 4 aromatic rings. The van der Waals surface area contributed by atoms with Crippen molar-refractivity contribution in [1.82, 2.24) is 4.98 Å². The number of hydrogen-bond acceptors (Lipinski definition) is 7. The quantitative estimate of drug-likeness (QED) is 0.240. The van der Waals surface area contributed by atoms with Gasteiger partial charge < -0.3 is 9.15 Å². The third-order valence-electron chi connectivity index (χ3n) is 6.16. The molecule has 7 nitrogen and oxygen atoms in total. The first kappa shape index (κ1) is 24.0. The van der Waals surface area contributed by atoms with Crippen LogP contribution in [0.1, 0.15) is 54.2 Å². The molecule has 0 N–H and O–H groups in total. The molecule has 0 aliphatic carbocycles. The van der Waals surface area contributed by atoms with E-state index in [1.165, 1.54) is 11.0 Å². The summed E-state index contributed by atoms with van der Waals surface area (Å²) in [6.45, 7) is 9.09. The molecule has 1 aliphatic heterocycles. The molecule has 0 saturated heterocycles. The SMILES string of the molecule is C=CCOC(=O)c1sc(N2C(=O)c3oc4cc(C)c(C)cc4c(=O)c3C2c2cccc(Cl)c2)nc1C. The van der Waals surface area contributed by atoms with Crippen LogP contribution in [0.25, 0.3) is 11.0 Å². The van der Waals surface area contributed by atoms with Crippen molar-refractivity contribution in [3.63, 3.8) is 0 Å². The fraction of sp³-hybridized carbons (Fsp3) is 0.185. The number of amides is 1. The minimum Gasteiger partial charge on any atom is -0.457 e. The number of nitrogens with zero attached hydrogens (tertiary/aromatic N) is 2. The van der Waals surface area contributed by atoms with Gasteiger partial charge in [-0.3, -0.25) is 14.5 Å². The first-order valence-electron chi connectivity index (χ1n) is 11.1. The van der Waals surface area contributed by atoms with Crippen molar-refractivity contribution in [3.05, 3.63) is 103 Å². The molecule has 1 atom stereocenters. The van der Waals surface area contributed by atoms with E-state index in [2.05, 4.69) is 11.6 Å². The van der Waals surface area contributed by atoms with E-state index < -0.39 is 17.9 Å². The molecule has 182 valence electrons. The molecule has 2 aromatic carbocycles. The van der Waals surface area contributed by atoms with E-state index in [9.17, 15) is 14.4 Å². The number of hydrogen-bond donors (Lipinski definition) is 0. The Hall–Kier alpha value is -3.75. The summed E-state index contributed by atoms with van der Waals surface area (Å²) >= 11 is 7.30. The van der Waals surface area contributed by atoms with Crippen molar-refractivity contribution >= 4 is 50.9 Å². The summed E-state index contributed by atoms with van der Waals surface area (Å²) in [6.07, 6.45) is 1.47. The summed E-state index contributed by atoms with van der Waals surface area (Å²) in [5, 5.41) is 1.09. The Morgan fingerprint density at radius 2 is 1.97 bits per heavy atom. The van der Waals surface area contributed by atoms with Crippen molar-refractivity contribution in [2.45, 2.75) is 26.8 Å². The summed E-state index contributed by atoms with van der Waals surface area (Å²) in [6, 6.07) is 9.65. The lowest BCUT2D eigenvalue weighted by atomic mass is 9.97. The Kier molecular flexibility index (Phi) is 6.02. The van der Waals surface area contributed by atoms with Gasteiger partial charge in [-0.05, 0) is 61.7 Å². The van der Waals surface area contributed by atoms with Crippen LogP contribution in [0, 0.1) is 20.8 Å². The summed E-state index contributed by atoms with van der Waals surface area (Å²) in [4.78, 5) is 46.3. The molecule has 3 heterocycles. The van der Waals surface area contributed by atoms with Gasteiger partial charge in [0.25, 0.3) is 5.91 Å². The number of esters is 1. The molecule has 5 rings (SSSR count). The second-order valence-electron chi connectivity index (χ2n) is 8.54. The zero-order valence-electron chi connectivity index (χ0n) is 19.8. The maximum Gasteiger partial charge on any atom is 0.350 e. The van der Waals surface area contributed by atoms with Crippen molar-refractivity contribution in [2.24, 2.45) is 0 Å². The predicted molar refractivity (Wildman–Crippen MR) is 139 cm³/mol. The van der Waals surface area contributed by atoms with Gasteiger partial charge in [0, 0.05) is 5.02 Å². The lowest BCUT2D eigenvalue weighted by Gasteiger charge is -2.22. The predicted octanol–water partition coefficient (Wildman–Crippen LogP) is 5.92. The van der Waals surface area contributed by atoms with E-state index >= 15 is 0 Å². The summed E-state index contributed by atoms with van der Waals surface area (Å²) < 4.78 is 11.2. The van der Waals surface area contributed by atoms with E-state index in [0.29, 0.717) is 27.2 Å². The normalized spacial score (nSPS) is 14.8. The van der Waals surface area contributed by atoms with Crippen LogP contribution in [-0.2, 0) is 4.74 Å². The van der Waals surface area contributed by atoms with Crippen LogP contribution in [-0.4, -0.2) is 23.5 Å². The molecule has 0 saturated carbocycles. The smallest absolute Gasteiger partial charge is 0.350 e. The number of carbonyl (C=O) groups excluding carboxylic acids is 2. The molecule has 1 amide bonds. The number of ether oxygens (including phenoxy) is 1. The van der Waals surface area contributed by atoms with Gasteiger partial charge in [-0.25, -0.2) is 9.78 Å². The largest absolute Gasteiger partial charge is 0.457 e. The Morgan fingerprint density at radius 1 is 1.22 bits per heavy atom. The minimum absolute atomic E-state index is 0.0502. The third kappa shape index (κ3) is 3.83. The second-order valence-corrected chi connectivity index (χ2v) is 9.95. The van der Waals surface area contributed by atoms with Crippen molar-refractivity contribution in [3.8, 4) is 0 Å². The highest BCUT2D eigenvalue weighted by atomic mass is 35.5. The van der Waals surface area contributed by atoms with Crippen LogP contribution < -0.4 is 10.3 Å². The molecule has 0 bridgehead atoms. The minimum atomic E-state index is -0.837. The number of benzene rings is 2. The lowest BCUT2D eigenvalue weighted by Crippen LogP contribution is -2.29. The highest BCUT2D eigenvalue weighted by Gasteiger charge is 2.45. The Balaban J connectivity index is 1.74. The summed E-state index contributed by atoms with van der Waals surface area (Å²) in [7, 11) is 0. The van der Waals surface area contributed by atoms with Crippen molar-refractivity contribution in [2.75, 3.05) is 11.5 Å². The van der Waals surface area contributed by atoms with Crippen LogP contribution in [0.4, 0.5) is 5.13 Å². The molecule has 2 aromatic heterocycles. The van der Waals surface area contributed by atoms with Crippen LogP contribution >= 0.6 is 22.9 Å². The number of aryl methyl sites for hydroxylation is 3. The van der Waals surface area contributed by atoms with Gasteiger partial charge in [-0.15, -0.1) is 0 Å². The fourth-order valence-electron chi connectivity index (χ4n) is 4.29. The molecule has 1 aliphatic rings. The Morgan fingerprint density at radius 3 is 2.69 bits per heavy atom. The number of aromatic nitrogens is 1. The van der Waals surface area contributed by atoms with E-state index in [1.807, 2.05) is 13.8 Å². The molecule has 0 fully saturated rings. The molecule has 0 radical (unpaired) electrons. The highest BCUT2D eigenvalue weighted by Crippen LogP contribution is 2.43. The second kappa shape index (κ2) is 9.04. The van der Waals surface area contributed by atoms with E-state index in [-0.39, 0.29) is 33.4 Å². The van der Waals surface area contributed by atoms with Crippen LogP contribution in [0.15, 0.2) is 58.3 Å². The van der Waals surface area contributed by atoms with Crippen molar-refractivity contribution < 1.29 is 18.7 Å². The van der Waals surface area contributed by atoms with Crippen LogP contribution in [0.2, 0.25) is 5.02 Å². The van der Waals surface area contributed by atoms with E-state index in [0.717, 1.165) is 22.5 Å². The number of rotatable bonds is 5. The Bertz CT molecular complexity index is 1640. The topological polar surface area (TPSA) is 89.7 Å². The Labute approximate surface area is 215 Å². The van der Waals surface area contributed by atoms with Gasteiger partial charge in [0.15, 0.2) is 10.6 Å². The standard InChI is InChI=1S/C27H21ClN2O5S/c1-5-9-34-26(33)24-15(4)29-27(36-24)30-21(16-7-6-8-17(28)12-16)20-22(31)18-10-13(2)14(3)11-19(18)35-23(20)25(30)32/h5-8,10-12,21H,1,9H2,2-4H3. The number of halogens is 1. The molecule has 36 heavy (non-hydrogen) atoms. The maximum atomic E-state index is 13.8. The van der Waals surface area contributed by atoms with Gasteiger partial charge in [0.1, 0.15) is 17.1 Å². The van der Waals surface area contributed by atoms with Crippen molar-refractivity contribution in [1.29, 1.82) is 0 Å². The highest BCUT2D eigenvalue weighted by molar-refractivity contribution is 7.17. The maximum absolute atomic E-state index is 13.8. The van der Waals surface area contributed by atoms with Gasteiger partial charge in [-0.1, -0.05) is 47.7 Å². The molecular formula is C27H21ClN2O5S. The van der Waals surface area contributed by atoms with E-state index in [1.54, 1.807) is 43.3 Å².